The van der Waals surface area contributed by atoms with Gasteiger partial charge in [0.2, 0.25) is 5.91 Å². The van der Waals surface area contributed by atoms with Crippen LogP contribution in [0, 0.1) is 5.41 Å². The molecule has 3 saturated heterocycles. The van der Waals surface area contributed by atoms with Crippen molar-refractivity contribution in [2.75, 3.05) is 60.1 Å². The molecule has 4 heterocycles. The molecule has 1 spiro atoms. The number of urea groups is 1. The predicted molar refractivity (Wildman–Crippen MR) is 167 cm³/mol. The lowest BCUT2D eigenvalue weighted by Crippen LogP contribution is -2.69. The second kappa shape index (κ2) is 13.2. The molecule has 3 aliphatic rings. The molecule has 0 saturated carbocycles. The second-order valence-corrected chi connectivity index (χ2v) is 13.8. The Morgan fingerprint density at radius 1 is 1.20 bits per heavy atom. The molecule has 1 N–H and O–H groups in total. The van der Waals surface area contributed by atoms with E-state index in [-0.39, 0.29) is 33.7 Å². The number of carbonyl (C=O) groups excluding carboxylic acids is 2. The van der Waals surface area contributed by atoms with Gasteiger partial charge in [-0.15, -0.1) is 0 Å². The van der Waals surface area contributed by atoms with Gasteiger partial charge in [-0.2, -0.15) is 0 Å². The number of alkyl halides is 1. The third-order valence-corrected chi connectivity index (χ3v) is 10.2. The number of pyridine rings is 1. The van der Waals surface area contributed by atoms with Gasteiger partial charge in [0, 0.05) is 54.8 Å². The van der Waals surface area contributed by atoms with Crippen molar-refractivity contribution in [3.05, 3.63) is 57.8 Å². The first kappa shape index (κ1) is 30.6. The summed E-state index contributed by atoms with van der Waals surface area (Å²) in [7, 11) is 4.05. The van der Waals surface area contributed by atoms with Crippen LogP contribution < -0.4 is 10.1 Å². The Balaban J connectivity index is 1.24. The minimum Gasteiger partial charge on any atom is -0.489 e. The van der Waals surface area contributed by atoms with E-state index < -0.39 is 6.04 Å². The van der Waals surface area contributed by atoms with Gasteiger partial charge in [-0.25, -0.2) is 4.79 Å². The molecule has 9 nitrogen and oxygen atoms in total. The summed E-state index contributed by atoms with van der Waals surface area (Å²) in [5.74, 6) is 0.872. The summed E-state index contributed by atoms with van der Waals surface area (Å²) in [6.07, 6.45) is 3.60. The Morgan fingerprint density at radius 2 is 1.93 bits per heavy atom. The molecule has 1 aromatic heterocycles. The van der Waals surface area contributed by atoms with E-state index in [0.29, 0.717) is 56.0 Å². The Labute approximate surface area is 265 Å². The number of amides is 3. The topological polar surface area (TPSA) is 87.2 Å². The van der Waals surface area contributed by atoms with Crippen LogP contribution in [0.4, 0.5) is 4.79 Å². The molecule has 3 aliphatic heterocycles. The number of hydrogen-bond donors (Lipinski definition) is 1. The highest BCUT2D eigenvalue weighted by Gasteiger charge is 2.51. The van der Waals surface area contributed by atoms with Gasteiger partial charge >= 0.3 is 6.03 Å². The van der Waals surface area contributed by atoms with Crippen LogP contribution >= 0.6 is 45.8 Å². The molecular formula is C29H36Cl2IN5O4. The van der Waals surface area contributed by atoms with Gasteiger partial charge in [0.25, 0.3) is 0 Å². The normalized spacial score (nSPS) is 19.9. The van der Waals surface area contributed by atoms with Crippen molar-refractivity contribution >= 4 is 57.7 Å². The van der Waals surface area contributed by atoms with Gasteiger partial charge in [0.1, 0.15) is 18.4 Å². The third-order valence-electron chi connectivity index (χ3n) is 8.12. The van der Waals surface area contributed by atoms with E-state index in [0.717, 1.165) is 29.8 Å². The Hall–Kier alpha value is -1.86. The van der Waals surface area contributed by atoms with Gasteiger partial charge in [0.05, 0.1) is 28.4 Å². The van der Waals surface area contributed by atoms with Gasteiger partial charge in [0.15, 0.2) is 0 Å². The maximum Gasteiger partial charge on any atom is 0.318 e. The van der Waals surface area contributed by atoms with Crippen LogP contribution in [0.5, 0.6) is 5.75 Å². The Kier molecular flexibility index (Phi) is 9.85. The first-order chi connectivity index (χ1) is 19.6. The van der Waals surface area contributed by atoms with Gasteiger partial charge in [-0.1, -0.05) is 51.9 Å². The third kappa shape index (κ3) is 7.21. The van der Waals surface area contributed by atoms with Crippen LogP contribution in [0.2, 0.25) is 10.0 Å². The van der Waals surface area contributed by atoms with Crippen molar-refractivity contribution in [3.63, 3.8) is 0 Å². The van der Waals surface area contributed by atoms with Crippen molar-refractivity contribution in [2.24, 2.45) is 5.41 Å². The first-order valence-electron chi connectivity index (χ1n) is 13.9. The molecule has 0 bridgehead atoms. The number of aromatic nitrogens is 1. The molecule has 2 atom stereocenters. The summed E-state index contributed by atoms with van der Waals surface area (Å²) in [6.45, 7) is 4.36. The molecule has 0 unspecified atom stereocenters. The molecule has 2 aromatic rings. The summed E-state index contributed by atoms with van der Waals surface area (Å²) in [5.41, 5.74) is 1.79. The first-order valence-corrected chi connectivity index (χ1v) is 15.9. The van der Waals surface area contributed by atoms with Crippen molar-refractivity contribution in [1.29, 1.82) is 0 Å². The Bertz CT molecular complexity index is 1250. The number of rotatable bonds is 9. The number of piperidine rings is 1. The number of benzene rings is 1. The number of likely N-dealkylation sites (N-methyl/N-ethyl adjacent to an activating group) is 1. The maximum absolute atomic E-state index is 13.8. The van der Waals surface area contributed by atoms with Crippen LogP contribution in [0.3, 0.4) is 0 Å². The van der Waals surface area contributed by atoms with Crippen molar-refractivity contribution in [1.82, 2.24) is 25.0 Å². The average molecular weight is 716 g/mol. The fraction of sp³-hybridized carbons (Fsp3) is 0.552. The minimum absolute atomic E-state index is 0.0936. The number of hydrogen-bond acceptors (Lipinski definition) is 6. The SMILES string of the molecule is CN(C)[C@H](I)COc1cccnc1C1CCN(C(=O)[C@@H](Cc2ccc(Cl)cc2Cl)NC(=O)N2CC3(COC3)C2)CC1. The summed E-state index contributed by atoms with van der Waals surface area (Å²) < 4.78 is 11.7. The molecule has 1 aromatic carbocycles. The quantitative estimate of drug-likeness (QED) is 0.235. The number of carbonyl (C=O) groups is 2. The van der Waals surface area contributed by atoms with E-state index >= 15 is 0 Å². The van der Waals surface area contributed by atoms with Gasteiger partial charge in [-0.3, -0.25) is 14.7 Å². The lowest BCUT2D eigenvalue weighted by Gasteiger charge is -2.54. The molecule has 0 radical (unpaired) electrons. The average Bonchev–Trinajstić information content (AvgIpc) is 2.91. The standard InChI is InChI=1S/C29H36Cl2IN5O4/c1-35(2)25(32)14-41-24-4-3-9-33-26(24)19-7-10-36(11-8-19)27(38)23(12-20-5-6-21(30)13-22(20)31)34-28(39)37-15-29(16-37)17-40-18-29/h3-6,9,13,19,23,25H,7-8,10-12,14-18H2,1-2H3,(H,34,39)/t23-,25+/m1/s1. The smallest absolute Gasteiger partial charge is 0.318 e. The van der Waals surface area contributed by atoms with Gasteiger partial charge in [-0.05, 0) is 56.8 Å². The zero-order valence-electron chi connectivity index (χ0n) is 23.3. The maximum atomic E-state index is 13.8. The number of likely N-dealkylation sites (tertiary alicyclic amines) is 2. The predicted octanol–water partition coefficient (Wildman–Crippen LogP) is 4.45. The molecule has 222 valence electrons. The van der Waals surface area contributed by atoms with E-state index in [9.17, 15) is 9.59 Å². The van der Waals surface area contributed by atoms with E-state index in [1.807, 2.05) is 37.2 Å². The summed E-state index contributed by atoms with van der Waals surface area (Å²) >= 11 is 14.9. The molecule has 3 amide bonds. The summed E-state index contributed by atoms with van der Waals surface area (Å²) in [4.78, 5) is 37.3. The zero-order chi connectivity index (χ0) is 29.1. The molecule has 3 fully saturated rings. The van der Waals surface area contributed by atoms with Crippen LogP contribution in [0.25, 0.3) is 0 Å². The number of ether oxygens (including phenoxy) is 2. The molecule has 0 aliphatic carbocycles. The van der Waals surface area contributed by atoms with E-state index in [1.54, 1.807) is 23.2 Å². The monoisotopic (exact) mass is 715 g/mol. The highest BCUT2D eigenvalue weighted by molar-refractivity contribution is 14.1. The van der Waals surface area contributed by atoms with Crippen molar-refractivity contribution < 1.29 is 19.1 Å². The Morgan fingerprint density at radius 3 is 2.56 bits per heavy atom. The van der Waals surface area contributed by atoms with Crippen LogP contribution in [-0.2, 0) is 16.0 Å². The van der Waals surface area contributed by atoms with Gasteiger partial charge < -0.3 is 24.6 Å². The van der Waals surface area contributed by atoms with Crippen molar-refractivity contribution in [2.45, 2.75) is 35.3 Å². The van der Waals surface area contributed by atoms with Crippen LogP contribution in [-0.4, -0.2) is 102 Å². The lowest BCUT2D eigenvalue weighted by atomic mass is 9.78. The molecule has 12 heteroatoms. The summed E-state index contributed by atoms with van der Waals surface area (Å²) in [6, 6.07) is 8.10. The summed E-state index contributed by atoms with van der Waals surface area (Å²) in [5, 5.41) is 4.01. The fourth-order valence-electron chi connectivity index (χ4n) is 5.56. The fourth-order valence-corrected chi connectivity index (χ4v) is 6.23. The highest BCUT2D eigenvalue weighted by atomic mass is 127. The van der Waals surface area contributed by atoms with Crippen LogP contribution in [0.15, 0.2) is 36.5 Å². The lowest BCUT2D eigenvalue weighted by molar-refractivity contribution is -0.175. The zero-order valence-corrected chi connectivity index (χ0v) is 27.0. The molecule has 41 heavy (non-hydrogen) atoms. The van der Waals surface area contributed by atoms with E-state index in [1.165, 1.54) is 0 Å². The minimum atomic E-state index is -0.743. The highest BCUT2D eigenvalue weighted by Crippen LogP contribution is 2.37. The van der Waals surface area contributed by atoms with E-state index in [4.69, 9.17) is 32.7 Å². The number of nitrogens with one attached hydrogen (secondary N) is 1. The number of halogens is 3. The van der Waals surface area contributed by atoms with Crippen LogP contribution in [0.1, 0.15) is 30.0 Å². The largest absolute Gasteiger partial charge is 0.489 e. The second-order valence-electron chi connectivity index (χ2n) is 11.5. The molecular weight excluding hydrogens is 680 g/mol. The molecule has 5 rings (SSSR count). The van der Waals surface area contributed by atoms with E-state index in [2.05, 4.69) is 37.8 Å². The number of nitrogens with zero attached hydrogens (tertiary/aromatic N) is 4. The van der Waals surface area contributed by atoms with Crippen molar-refractivity contribution in [3.8, 4) is 5.75 Å².